The second-order valence-corrected chi connectivity index (χ2v) is 6.92. The molecule has 0 saturated heterocycles. The van der Waals surface area contributed by atoms with Crippen molar-refractivity contribution in [1.82, 2.24) is 4.57 Å². The van der Waals surface area contributed by atoms with E-state index in [0.29, 0.717) is 18.4 Å². The van der Waals surface area contributed by atoms with Crippen LogP contribution in [0.1, 0.15) is 49.3 Å². The van der Waals surface area contributed by atoms with Crippen molar-refractivity contribution in [3.63, 3.8) is 0 Å². The summed E-state index contributed by atoms with van der Waals surface area (Å²) in [5.74, 6) is 0.931. The Balaban J connectivity index is 1.90. The Labute approximate surface area is 145 Å². The van der Waals surface area contributed by atoms with Crippen LogP contribution < -0.4 is 5.73 Å². The summed E-state index contributed by atoms with van der Waals surface area (Å²) in [5, 5.41) is 1.36. The van der Waals surface area contributed by atoms with Crippen LogP contribution in [0.3, 0.4) is 0 Å². The summed E-state index contributed by atoms with van der Waals surface area (Å²) in [5.41, 5.74) is 11.6. The van der Waals surface area contributed by atoms with Crippen LogP contribution in [-0.4, -0.2) is 11.1 Å². The van der Waals surface area contributed by atoms with E-state index in [1.165, 1.54) is 27.6 Å². The van der Waals surface area contributed by atoms with Crippen molar-refractivity contribution >= 4 is 10.9 Å². The standard InChI is InChI=1S/C22H28N2/c1-4-24-15-20(21-7-5-6-8-22(21)24)13-19(14-23)18-11-9-17(10-12-18)16(2)3/h5-12,15-16,19H,4,13-14,23H2,1-3H3. The highest BCUT2D eigenvalue weighted by atomic mass is 14.9. The fraction of sp³-hybridized carbons (Fsp3) is 0.364. The predicted octanol–water partition coefficient (Wildman–Crippen LogP) is 5.07. The van der Waals surface area contributed by atoms with Gasteiger partial charge in [0.05, 0.1) is 0 Å². The largest absolute Gasteiger partial charge is 0.347 e. The third-order valence-corrected chi connectivity index (χ3v) is 5.04. The van der Waals surface area contributed by atoms with Crippen molar-refractivity contribution in [2.75, 3.05) is 6.54 Å². The van der Waals surface area contributed by atoms with Gasteiger partial charge in [0.25, 0.3) is 0 Å². The number of para-hydroxylation sites is 1. The van der Waals surface area contributed by atoms with Crippen LogP contribution in [-0.2, 0) is 13.0 Å². The van der Waals surface area contributed by atoms with E-state index in [-0.39, 0.29) is 0 Å². The fourth-order valence-electron chi connectivity index (χ4n) is 3.50. The first-order valence-corrected chi connectivity index (χ1v) is 9.00. The van der Waals surface area contributed by atoms with Crippen molar-refractivity contribution in [3.05, 3.63) is 71.4 Å². The van der Waals surface area contributed by atoms with Crippen LogP contribution in [0.2, 0.25) is 0 Å². The maximum atomic E-state index is 6.13. The third-order valence-electron chi connectivity index (χ3n) is 5.04. The fourth-order valence-corrected chi connectivity index (χ4v) is 3.50. The number of hydrogen-bond donors (Lipinski definition) is 1. The molecule has 0 fully saturated rings. The summed E-state index contributed by atoms with van der Waals surface area (Å²) in [6.45, 7) is 8.33. The van der Waals surface area contributed by atoms with Gasteiger partial charge in [-0.05, 0) is 48.6 Å². The Morgan fingerprint density at radius 3 is 2.25 bits per heavy atom. The van der Waals surface area contributed by atoms with Gasteiger partial charge < -0.3 is 10.3 Å². The maximum Gasteiger partial charge on any atom is 0.0483 e. The van der Waals surface area contributed by atoms with Gasteiger partial charge in [0.2, 0.25) is 0 Å². The number of fused-ring (bicyclic) bond motifs is 1. The number of aromatic nitrogens is 1. The first kappa shape index (κ1) is 16.8. The van der Waals surface area contributed by atoms with Crippen LogP contribution in [0.4, 0.5) is 0 Å². The van der Waals surface area contributed by atoms with Gasteiger partial charge in [-0.2, -0.15) is 0 Å². The minimum absolute atomic E-state index is 0.363. The zero-order chi connectivity index (χ0) is 17.1. The molecule has 0 bridgehead atoms. The Kier molecular flexibility index (Phi) is 5.06. The molecule has 0 aliphatic rings. The predicted molar refractivity (Wildman–Crippen MR) is 104 cm³/mol. The molecule has 2 heteroatoms. The molecule has 0 aliphatic heterocycles. The molecule has 24 heavy (non-hydrogen) atoms. The summed E-state index contributed by atoms with van der Waals surface area (Å²) >= 11 is 0. The molecule has 2 nitrogen and oxygen atoms in total. The molecule has 1 atom stereocenters. The molecule has 3 rings (SSSR count). The van der Waals surface area contributed by atoms with Gasteiger partial charge in [-0.15, -0.1) is 0 Å². The average Bonchev–Trinajstić information content (AvgIpc) is 2.97. The van der Waals surface area contributed by atoms with Crippen LogP contribution in [0.15, 0.2) is 54.7 Å². The lowest BCUT2D eigenvalue weighted by Gasteiger charge is -2.16. The smallest absolute Gasteiger partial charge is 0.0483 e. The molecule has 2 aromatic carbocycles. The van der Waals surface area contributed by atoms with Gasteiger partial charge in [-0.25, -0.2) is 0 Å². The molecule has 0 saturated carbocycles. The second kappa shape index (κ2) is 7.23. The minimum atomic E-state index is 0.363. The number of rotatable bonds is 6. The van der Waals surface area contributed by atoms with Crippen molar-refractivity contribution in [2.24, 2.45) is 5.73 Å². The van der Waals surface area contributed by atoms with E-state index in [2.05, 4.69) is 80.1 Å². The summed E-state index contributed by atoms with van der Waals surface area (Å²) in [7, 11) is 0. The summed E-state index contributed by atoms with van der Waals surface area (Å²) in [4.78, 5) is 0. The van der Waals surface area contributed by atoms with Crippen LogP contribution in [0.5, 0.6) is 0 Å². The van der Waals surface area contributed by atoms with Gasteiger partial charge in [-0.1, -0.05) is 56.3 Å². The molecule has 1 heterocycles. The lowest BCUT2D eigenvalue weighted by molar-refractivity contribution is 0.691. The van der Waals surface area contributed by atoms with Gasteiger partial charge in [0, 0.05) is 29.6 Å². The highest BCUT2D eigenvalue weighted by molar-refractivity contribution is 5.84. The van der Waals surface area contributed by atoms with Gasteiger partial charge in [0.15, 0.2) is 0 Å². The van der Waals surface area contributed by atoms with E-state index >= 15 is 0 Å². The third kappa shape index (κ3) is 3.25. The number of hydrogen-bond acceptors (Lipinski definition) is 1. The molecule has 126 valence electrons. The highest BCUT2D eigenvalue weighted by Gasteiger charge is 2.15. The molecule has 1 unspecified atom stereocenters. The van der Waals surface area contributed by atoms with Crippen LogP contribution in [0, 0.1) is 0 Å². The van der Waals surface area contributed by atoms with E-state index in [1.807, 2.05) is 0 Å². The normalized spacial score (nSPS) is 12.9. The minimum Gasteiger partial charge on any atom is -0.347 e. The quantitative estimate of drug-likeness (QED) is 0.675. The molecule has 0 radical (unpaired) electrons. The summed E-state index contributed by atoms with van der Waals surface area (Å²) < 4.78 is 2.33. The maximum absolute atomic E-state index is 6.13. The number of nitrogens with zero attached hydrogens (tertiary/aromatic N) is 1. The van der Waals surface area contributed by atoms with Crippen LogP contribution in [0.25, 0.3) is 10.9 Å². The van der Waals surface area contributed by atoms with Gasteiger partial charge in [0.1, 0.15) is 0 Å². The van der Waals surface area contributed by atoms with Gasteiger partial charge in [-0.3, -0.25) is 0 Å². The zero-order valence-electron chi connectivity index (χ0n) is 15.0. The number of benzene rings is 2. The lowest BCUT2D eigenvalue weighted by atomic mass is 9.90. The second-order valence-electron chi connectivity index (χ2n) is 6.92. The monoisotopic (exact) mass is 320 g/mol. The first-order valence-electron chi connectivity index (χ1n) is 9.00. The summed E-state index contributed by atoms with van der Waals surface area (Å²) in [6.07, 6.45) is 3.29. The van der Waals surface area contributed by atoms with Crippen molar-refractivity contribution in [1.29, 1.82) is 0 Å². The van der Waals surface area contributed by atoms with E-state index in [9.17, 15) is 0 Å². The zero-order valence-corrected chi connectivity index (χ0v) is 15.0. The SMILES string of the molecule is CCn1cc(CC(CN)c2ccc(C(C)C)cc2)c2ccccc21. The van der Waals surface area contributed by atoms with E-state index in [0.717, 1.165) is 13.0 Å². The first-order chi connectivity index (χ1) is 11.6. The molecule has 3 aromatic rings. The van der Waals surface area contributed by atoms with Crippen molar-refractivity contribution in [2.45, 2.75) is 45.6 Å². The lowest BCUT2D eigenvalue weighted by Crippen LogP contribution is -2.15. The number of nitrogens with two attached hydrogens (primary N) is 1. The molecular formula is C22H28N2. The Bertz CT molecular complexity index is 796. The number of aryl methyl sites for hydroxylation is 1. The van der Waals surface area contributed by atoms with E-state index in [4.69, 9.17) is 5.73 Å². The van der Waals surface area contributed by atoms with Crippen molar-refractivity contribution in [3.8, 4) is 0 Å². The Morgan fingerprint density at radius 2 is 1.62 bits per heavy atom. The highest BCUT2D eigenvalue weighted by Crippen LogP contribution is 2.28. The topological polar surface area (TPSA) is 30.9 Å². The molecular weight excluding hydrogens is 292 g/mol. The molecule has 0 aliphatic carbocycles. The Morgan fingerprint density at radius 1 is 0.958 bits per heavy atom. The summed E-state index contributed by atoms with van der Waals surface area (Å²) in [6, 6.07) is 17.7. The van der Waals surface area contributed by atoms with Gasteiger partial charge >= 0.3 is 0 Å². The average molecular weight is 320 g/mol. The van der Waals surface area contributed by atoms with E-state index in [1.54, 1.807) is 0 Å². The molecule has 1 aromatic heterocycles. The van der Waals surface area contributed by atoms with E-state index < -0.39 is 0 Å². The van der Waals surface area contributed by atoms with Crippen LogP contribution >= 0.6 is 0 Å². The molecule has 2 N–H and O–H groups in total. The van der Waals surface area contributed by atoms with Crippen molar-refractivity contribution < 1.29 is 0 Å². The Hall–Kier alpha value is -2.06. The molecule has 0 amide bonds. The molecule has 0 spiro atoms.